The lowest BCUT2D eigenvalue weighted by Crippen LogP contribution is -2.19. The van der Waals surface area contributed by atoms with Gasteiger partial charge < -0.3 is 10.6 Å². The molecule has 0 aliphatic carbocycles. The number of hydrogen-bond donors (Lipinski definition) is 2. The van der Waals surface area contributed by atoms with E-state index in [9.17, 15) is 9.18 Å². The van der Waals surface area contributed by atoms with Crippen LogP contribution in [0.2, 0.25) is 0 Å². The number of amides is 2. The van der Waals surface area contributed by atoms with Crippen molar-refractivity contribution in [1.29, 1.82) is 0 Å². The van der Waals surface area contributed by atoms with Crippen LogP contribution in [0.4, 0.5) is 20.6 Å². The number of carbonyl (C=O) groups is 1. The number of hydrogen-bond acceptors (Lipinski definition) is 4. The second kappa shape index (κ2) is 7.07. The number of aromatic nitrogens is 4. The van der Waals surface area contributed by atoms with Crippen molar-refractivity contribution < 1.29 is 9.18 Å². The maximum Gasteiger partial charge on any atom is 0.323 e. The third-order valence-electron chi connectivity index (χ3n) is 4.19. The summed E-state index contributed by atoms with van der Waals surface area (Å²) in [6, 6.07) is 11.1. The Morgan fingerprint density at radius 2 is 1.75 bits per heavy atom. The van der Waals surface area contributed by atoms with Crippen LogP contribution in [0.1, 0.15) is 5.56 Å². The van der Waals surface area contributed by atoms with Crippen LogP contribution in [0.25, 0.3) is 22.4 Å². The molecule has 8 heteroatoms. The van der Waals surface area contributed by atoms with Gasteiger partial charge in [0.1, 0.15) is 17.2 Å². The first kappa shape index (κ1) is 17.6. The monoisotopic (exact) mass is 376 g/mol. The van der Waals surface area contributed by atoms with E-state index in [2.05, 4.69) is 25.7 Å². The summed E-state index contributed by atoms with van der Waals surface area (Å²) in [5.41, 5.74) is 4.25. The lowest BCUT2D eigenvalue weighted by Gasteiger charge is -2.09. The molecule has 2 heterocycles. The van der Waals surface area contributed by atoms with Gasteiger partial charge in [-0.2, -0.15) is 5.10 Å². The molecular weight excluding hydrogens is 359 g/mol. The van der Waals surface area contributed by atoms with Gasteiger partial charge in [0.05, 0.1) is 17.2 Å². The Morgan fingerprint density at radius 1 is 1.00 bits per heavy atom. The highest BCUT2D eigenvalue weighted by atomic mass is 19.1. The van der Waals surface area contributed by atoms with E-state index in [1.54, 1.807) is 42.1 Å². The first-order valence-electron chi connectivity index (χ1n) is 8.59. The number of aryl methyl sites for hydroxylation is 2. The molecule has 2 aromatic carbocycles. The fourth-order valence-electron chi connectivity index (χ4n) is 2.78. The Balaban J connectivity index is 1.54. The molecule has 4 rings (SSSR count). The molecule has 0 aliphatic rings. The Hall–Kier alpha value is -3.81. The van der Waals surface area contributed by atoms with Crippen molar-refractivity contribution in [1.82, 2.24) is 19.7 Å². The van der Waals surface area contributed by atoms with E-state index < -0.39 is 6.03 Å². The molecule has 0 saturated carbocycles. The smallest absolute Gasteiger partial charge is 0.308 e. The van der Waals surface area contributed by atoms with Crippen LogP contribution >= 0.6 is 0 Å². The van der Waals surface area contributed by atoms with Crippen molar-refractivity contribution in [3.63, 3.8) is 0 Å². The van der Waals surface area contributed by atoms with Gasteiger partial charge in [-0.3, -0.25) is 9.67 Å². The van der Waals surface area contributed by atoms with Gasteiger partial charge in [0.25, 0.3) is 0 Å². The zero-order valence-corrected chi connectivity index (χ0v) is 15.3. The molecule has 0 atom stereocenters. The van der Waals surface area contributed by atoms with Crippen molar-refractivity contribution in [2.75, 3.05) is 10.6 Å². The summed E-state index contributed by atoms with van der Waals surface area (Å²) >= 11 is 0. The molecule has 140 valence electrons. The van der Waals surface area contributed by atoms with Crippen LogP contribution in [-0.4, -0.2) is 25.8 Å². The maximum absolute atomic E-state index is 13.3. The lowest BCUT2D eigenvalue weighted by atomic mass is 10.2. The van der Waals surface area contributed by atoms with Crippen molar-refractivity contribution in [3.8, 4) is 11.4 Å². The molecular formula is C20H17FN6O. The molecule has 0 aliphatic heterocycles. The van der Waals surface area contributed by atoms with Crippen molar-refractivity contribution in [2.45, 2.75) is 6.92 Å². The van der Waals surface area contributed by atoms with Crippen molar-refractivity contribution in [2.24, 2.45) is 7.05 Å². The molecule has 0 radical (unpaired) electrons. The minimum atomic E-state index is -0.431. The Kier molecular flexibility index (Phi) is 4.44. The van der Waals surface area contributed by atoms with Crippen LogP contribution in [0, 0.1) is 12.7 Å². The summed E-state index contributed by atoms with van der Waals surface area (Å²) in [7, 11) is 1.83. The standard InChI is InChI=1S/C20H17FN6O/c1-12-9-13(3-5-15(12)21)23-20(28)24-14-4-6-16-18(10-14)25-19(11-22-16)17-7-8-27(2)26-17/h3-11H,1-2H3,(H2,23,24,28). The molecule has 4 aromatic rings. The van der Waals surface area contributed by atoms with Crippen LogP contribution in [0.5, 0.6) is 0 Å². The Bertz CT molecular complexity index is 1190. The third-order valence-corrected chi connectivity index (χ3v) is 4.19. The number of anilines is 2. The van der Waals surface area contributed by atoms with Gasteiger partial charge in [0, 0.05) is 24.6 Å². The highest BCUT2D eigenvalue weighted by Gasteiger charge is 2.08. The van der Waals surface area contributed by atoms with Gasteiger partial charge in [-0.25, -0.2) is 14.2 Å². The van der Waals surface area contributed by atoms with Gasteiger partial charge in [0.2, 0.25) is 0 Å². The lowest BCUT2D eigenvalue weighted by molar-refractivity contribution is 0.262. The highest BCUT2D eigenvalue weighted by Crippen LogP contribution is 2.21. The van der Waals surface area contributed by atoms with E-state index in [4.69, 9.17) is 0 Å². The maximum atomic E-state index is 13.3. The highest BCUT2D eigenvalue weighted by molar-refractivity contribution is 6.00. The van der Waals surface area contributed by atoms with Crippen molar-refractivity contribution >= 4 is 28.4 Å². The summed E-state index contributed by atoms with van der Waals surface area (Å²) < 4.78 is 15.0. The van der Waals surface area contributed by atoms with Crippen LogP contribution < -0.4 is 10.6 Å². The second-order valence-electron chi connectivity index (χ2n) is 6.38. The van der Waals surface area contributed by atoms with Crippen LogP contribution in [0.3, 0.4) is 0 Å². The first-order valence-corrected chi connectivity index (χ1v) is 8.59. The predicted octanol–water partition coefficient (Wildman–Crippen LogP) is 4.12. The van der Waals surface area contributed by atoms with Crippen LogP contribution in [0.15, 0.2) is 54.9 Å². The van der Waals surface area contributed by atoms with E-state index in [0.29, 0.717) is 33.7 Å². The predicted molar refractivity (Wildman–Crippen MR) is 106 cm³/mol. The fourth-order valence-corrected chi connectivity index (χ4v) is 2.78. The molecule has 0 spiro atoms. The number of benzene rings is 2. The number of halogens is 1. The number of urea groups is 1. The number of fused-ring (bicyclic) bond motifs is 1. The summed E-state index contributed by atoms with van der Waals surface area (Å²) in [5.74, 6) is -0.317. The number of nitrogens with one attached hydrogen (secondary N) is 2. The van der Waals surface area contributed by atoms with E-state index >= 15 is 0 Å². The number of carbonyl (C=O) groups excluding carboxylic acids is 1. The normalized spacial score (nSPS) is 10.8. The summed E-state index contributed by atoms with van der Waals surface area (Å²) in [6.07, 6.45) is 3.50. The minimum absolute atomic E-state index is 0.317. The Labute approximate surface area is 160 Å². The van der Waals surface area contributed by atoms with Gasteiger partial charge in [-0.15, -0.1) is 0 Å². The van der Waals surface area contributed by atoms with Gasteiger partial charge in [-0.05, 0) is 55.0 Å². The molecule has 7 nitrogen and oxygen atoms in total. The second-order valence-corrected chi connectivity index (χ2v) is 6.38. The average Bonchev–Trinajstić information content (AvgIpc) is 3.10. The van der Waals surface area contributed by atoms with E-state index in [1.807, 2.05) is 19.3 Å². The molecule has 0 saturated heterocycles. The zero-order valence-electron chi connectivity index (χ0n) is 15.3. The van der Waals surface area contributed by atoms with Gasteiger partial charge in [0.15, 0.2) is 0 Å². The molecule has 0 unspecified atom stereocenters. The van der Waals surface area contributed by atoms with E-state index in [0.717, 1.165) is 5.69 Å². The third kappa shape index (κ3) is 3.66. The molecule has 2 amide bonds. The quantitative estimate of drug-likeness (QED) is 0.563. The minimum Gasteiger partial charge on any atom is -0.308 e. The van der Waals surface area contributed by atoms with Crippen molar-refractivity contribution in [3.05, 3.63) is 66.2 Å². The SMILES string of the molecule is Cc1cc(NC(=O)Nc2ccc3ncc(-c4ccn(C)n4)nc3c2)ccc1F. The summed E-state index contributed by atoms with van der Waals surface area (Å²) in [5, 5.41) is 9.76. The summed E-state index contributed by atoms with van der Waals surface area (Å²) in [6.45, 7) is 1.64. The largest absolute Gasteiger partial charge is 0.323 e. The Morgan fingerprint density at radius 3 is 2.46 bits per heavy atom. The molecule has 28 heavy (non-hydrogen) atoms. The zero-order chi connectivity index (χ0) is 19.7. The number of rotatable bonds is 3. The summed E-state index contributed by atoms with van der Waals surface area (Å²) in [4.78, 5) is 21.2. The van der Waals surface area contributed by atoms with Gasteiger partial charge >= 0.3 is 6.03 Å². The molecule has 2 aromatic heterocycles. The molecule has 0 bridgehead atoms. The molecule has 2 N–H and O–H groups in total. The van der Waals surface area contributed by atoms with E-state index in [-0.39, 0.29) is 5.82 Å². The van der Waals surface area contributed by atoms with Gasteiger partial charge in [-0.1, -0.05) is 0 Å². The van der Waals surface area contributed by atoms with Crippen LogP contribution in [-0.2, 0) is 7.05 Å². The topological polar surface area (TPSA) is 84.7 Å². The average molecular weight is 376 g/mol. The van der Waals surface area contributed by atoms with E-state index in [1.165, 1.54) is 12.1 Å². The number of nitrogens with zero attached hydrogens (tertiary/aromatic N) is 4. The first-order chi connectivity index (χ1) is 13.5. The molecule has 0 fully saturated rings. The fraction of sp³-hybridized carbons (Fsp3) is 0.100.